The minimum atomic E-state index is -0.0104. The first kappa shape index (κ1) is 17.3. The zero-order valence-electron chi connectivity index (χ0n) is 15.3. The topological polar surface area (TPSA) is 76.8 Å². The Morgan fingerprint density at radius 3 is 2.59 bits per heavy atom. The van der Waals surface area contributed by atoms with Gasteiger partial charge in [0.15, 0.2) is 0 Å². The van der Waals surface area contributed by atoms with Crippen molar-refractivity contribution in [3.63, 3.8) is 0 Å². The molecule has 7 heteroatoms. The van der Waals surface area contributed by atoms with Gasteiger partial charge < -0.3 is 4.90 Å². The molecule has 0 atom stereocenters. The highest BCUT2D eigenvalue weighted by molar-refractivity contribution is 5.57. The highest BCUT2D eigenvalue weighted by atomic mass is 16.1. The Morgan fingerprint density at radius 1 is 1.11 bits per heavy atom. The molecule has 3 aromatic heterocycles. The number of rotatable bonds is 4. The lowest BCUT2D eigenvalue weighted by molar-refractivity contribution is 0.350. The average Bonchev–Trinajstić information content (AvgIpc) is 2.71. The summed E-state index contributed by atoms with van der Waals surface area (Å²) < 4.78 is 1.72. The molecule has 1 fully saturated rings. The van der Waals surface area contributed by atoms with Crippen molar-refractivity contribution in [3.05, 3.63) is 65.4 Å². The van der Waals surface area contributed by atoms with Crippen LogP contribution in [0.4, 0.5) is 5.82 Å². The molecule has 4 heterocycles. The quantitative estimate of drug-likeness (QED) is 0.709. The van der Waals surface area contributed by atoms with E-state index >= 15 is 0 Å². The lowest BCUT2D eigenvalue weighted by Gasteiger charge is -2.32. The molecular weight excluding hydrogens is 340 g/mol. The first-order valence-corrected chi connectivity index (χ1v) is 9.19. The Morgan fingerprint density at radius 2 is 1.89 bits per heavy atom. The van der Waals surface area contributed by atoms with Gasteiger partial charge >= 0.3 is 0 Å². The maximum Gasteiger partial charge on any atom is 0.253 e. The maximum atomic E-state index is 12.5. The SMILES string of the molecule is Cc1cncc(N2CCC(Cn3cnc(-c4ccncc4)cc3=O)CC2)n1. The van der Waals surface area contributed by atoms with Crippen molar-refractivity contribution in [1.82, 2.24) is 24.5 Å². The van der Waals surface area contributed by atoms with Crippen LogP contribution in [0.5, 0.6) is 0 Å². The molecule has 1 aliphatic heterocycles. The molecule has 4 rings (SSSR count). The van der Waals surface area contributed by atoms with Gasteiger partial charge in [0.05, 0.1) is 23.9 Å². The van der Waals surface area contributed by atoms with Gasteiger partial charge in [-0.1, -0.05) is 0 Å². The smallest absolute Gasteiger partial charge is 0.253 e. The fraction of sp³-hybridized carbons (Fsp3) is 0.350. The van der Waals surface area contributed by atoms with Gasteiger partial charge in [-0.15, -0.1) is 0 Å². The summed E-state index contributed by atoms with van der Waals surface area (Å²) in [7, 11) is 0. The lowest BCUT2D eigenvalue weighted by Crippen LogP contribution is -2.36. The second-order valence-electron chi connectivity index (χ2n) is 6.95. The van der Waals surface area contributed by atoms with E-state index in [1.807, 2.05) is 25.3 Å². The molecule has 0 radical (unpaired) electrons. The third-order valence-electron chi connectivity index (χ3n) is 4.99. The number of pyridine rings is 1. The monoisotopic (exact) mass is 362 g/mol. The fourth-order valence-corrected chi connectivity index (χ4v) is 3.47. The Bertz CT molecular complexity index is 963. The van der Waals surface area contributed by atoms with E-state index in [0.29, 0.717) is 18.2 Å². The van der Waals surface area contributed by atoms with Gasteiger partial charge in [0, 0.05) is 49.9 Å². The second kappa shape index (κ2) is 7.65. The Labute approximate surface area is 157 Å². The molecule has 1 saturated heterocycles. The number of aryl methyl sites for hydroxylation is 1. The van der Waals surface area contributed by atoms with E-state index in [2.05, 4.69) is 24.8 Å². The minimum Gasteiger partial charge on any atom is -0.355 e. The molecule has 0 unspecified atom stereocenters. The summed E-state index contributed by atoms with van der Waals surface area (Å²) in [5.74, 6) is 1.40. The van der Waals surface area contributed by atoms with Crippen LogP contribution in [0.3, 0.4) is 0 Å². The van der Waals surface area contributed by atoms with Gasteiger partial charge in [0.1, 0.15) is 5.82 Å². The normalized spacial score (nSPS) is 15.1. The summed E-state index contributed by atoms with van der Waals surface area (Å²) in [4.78, 5) is 32.0. The maximum absolute atomic E-state index is 12.5. The van der Waals surface area contributed by atoms with E-state index in [1.54, 1.807) is 35.6 Å². The van der Waals surface area contributed by atoms with Crippen LogP contribution in [0.25, 0.3) is 11.3 Å². The Balaban J connectivity index is 1.40. The van der Waals surface area contributed by atoms with Crippen molar-refractivity contribution in [2.45, 2.75) is 26.3 Å². The van der Waals surface area contributed by atoms with Gasteiger partial charge in [-0.3, -0.25) is 19.3 Å². The lowest BCUT2D eigenvalue weighted by atomic mass is 9.96. The average molecular weight is 362 g/mol. The molecule has 1 aliphatic rings. The van der Waals surface area contributed by atoms with Gasteiger partial charge in [0.25, 0.3) is 5.56 Å². The summed E-state index contributed by atoms with van der Waals surface area (Å²) in [6.45, 7) is 4.52. The number of piperidine rings is 1. The van der Waals surface area contributed by atoms with Crippen molar-refractivity contribution in [1.29, 1.82) is 0 Å². The molecule has 7 nitrogen and oxygen atoms in total. The van der Waals surface area contributed by atoms with E-state index in [1.165, 1.54) is 0 Å². The fourth-order valence-electron chi connectivity index (χ4n) is 3.47. The van der Waals surface area contributed by atoms with E-state index in [0.717, 1.165) is 43.0 Å². The number of hydrogen-bond donors (Lipinski definition) is 0. The van der Waals surface area contributed by atoms with Crippen LogP contribution in [-0.4, -0.2) is 37.6 Å². The molecule has 0 amide bonds. The van der Waals surface area contributed by atoms with E-state index in [4.69, 9.17) is 0 Å². The van der Waals surface area contributed by atoms with Crippen LogP contribution in [0.15, 0.2) is 54.1 Å². The largest absolute Gasteiger partial charge is 0.355 e. The van der Waals surface area contributed by atoms with Crippen molar-refractivity contribution < 1.29 is 0 Å². The number of nitrogens with zero attached hydrogens (tertiary/aromatic N) is 6. The number of hydrogen-bond acceptors (Lipinski definition) is 6. The van der Waals surface area contributed by atoms with Crippen molar-refractivity contribution in [3.8, 4) is 11.3 Å². The second-order valence-corrected chi connectivity index (χ2v) is 6.95. The first-order chi connectivity index (χ1) is 13.2. The van der Waals surface area contributed by atoms with Crippen molar-refractivity contribution in [2.75, 3.05) is 18.0 Å². The summed E-state index contributed by atoms with van der Waals surface area (Å²) in [5, 5.41) is 0. The van der Waals surface area contributed by atoms with Crippen LogP contribution >= 0.6 is 0 Å². The number of aromatic nitrogens is 5. The van der Waals surface area contributed by atoms with Gasteiger partial charge in [-0.05, 0) is 37.8 Å². The molecule has 0 N–H and O–H groups in total. The zero-order valence-corrected chi connectivity index (χ0v) is 15.3. The molecule has 3 aromatic rings. The molecule has 0 bridgehead atoms. The van der Waals surface area contributed by atoms with Crippen LogP contribution in [0, 0.1) is 12.8 Å². The molecular formula is C20H22N6O. The third kappa shape index (κ3) is 4.02. The standard InChI is InChI=1S/C20H22N6O/c1-15-11-22-12-19(24-15)25-8-4-16(5-9-25)13-26-14-23-18(10-20(26)27)17-2-6-21-7-3-17/h2-3,6-7,10-12,14,16H,4-5,8-9,13H2,1H3. The van der Waals surface area contributed by atoms with Crippen LogP contribution in [-0.2, 0) is 6.54 Å². The van der Waals surface area contributed by atoms with E-state index < -0.39 is 0 Å². The zero-order chi connectivity index (χ0) is 18.6. The summed E-state index contributed by atoms with van der Waals surface area (Å²) in [6, 6.07) is 5.32. The van der Waals surface area contributed by atoms with Crippen LogP contribution < -0.4 is 10.5 Å². The third-order valence-corrected chi connectivity index (χ3v) is 4.99. The predicted molar refractivity (Wildman–Crippen MR) is 103 cm³/mol. The first-order valence-electron chi connectivity index (χ1n) is 9.19. The number of anilines is 1. The molecule has 0 aliphatic carbocycles. The Hall–Kier alpha value is -3.09. The Kier molecular flexibility index (Phi) is 4.91. The van der Waals surface area contributed by atoms with Gasteiger partial charge in [0.2, 0.25) is 0 Å². The van der Waals surface area contributed by atoms with E-state index in [-0.39, 0.29) is 5.56 Å². The summed E-state index contributed by atoms with van der Waals surface area (Å²) in [6.07, 6.45) is 10.7. The van der Waals surface area contributed by atoms with Crippen molar-refractivity contribution >= 4 is 5.82 Å². The molecule has 0 spiro atoms. The highest BCUT2D eigenvalue weighted by Crippen LogP contribution is 2.22. The van der Waals surface area contributed by atoms with E-state index in [9.17, 15) is 4.79 Å². The summed E-state index contributed by atoms with van der Waals surface area (Å²) in [5.41, 5.74) is 2.51. The molecule has 0 aromatic carbocycles. The predicted octanol–water partition coefficient (Wildman–Crippen LogP) is 2.32. The molecule has 27 heavy (non-hydrogen) atoms. The minimum absolute atomic E-state index is 0.0104. The summed E-state index contributed by atoms with van der Waals surface area (Å²) >= 11 is 0. The van der Waals surface area contributed by atoms with Gasteiger partial charge in [-0.2, -0.15) is 0 Å². The van der Waals surface area contributed by atoms with Crippen LogP contribution in [0.1, 0.15) is 18.5 Å². The highest BCUT2D eigenvalue weighted by Gasteiger charge is 2.21. The van der Waals surface area contributed by atoms with Crippen LogP contribution in [0.2, 0.25) is 0 Å². The van der Waals surface area contributed by atoms with Gasteiger partial charge in [-0.25, -0.2) is 9.97 Å². The van der Waals surface area contributed by atoms with Crippen molar-refractivity contribution in [2.24, 2.45) is 5.92 Å². The molecule has 0 saturated carbocycles. The molecule has 138 valence electrons.